The SMILES string of the molecule is CCOC(CO)OC(CO)C(C)(C)CC. The molecule has 0 aromatic rings. The van der Waals surface area contributed by atoms with Crippen LogP contribution >= 0.6 is 0 Å². The smallest absolute Gasteiger partial charge is 0.180 e. The molecule has 0 aliphatic carbocycles. The van der Waals surface area contributed by atoms with Gasteiger partial charge in [0, 0.05) is 6.61 Å². The Labute approximate surface area is 92.2 Å². The average molecular weight is 220 g/mol. The van der Waals surface area contributed by atoms with Gasteiger partial charge in [-0.05, 0) is 18.8 Å². The van der Waals surface area contributed by atoms with Crippen molar-refractivity contribution >= 4 is 0 Å². The van der Waals surface area contributed by atoms with Crippen LogP contribution in [0.25, 0.3) is 0 Å². The van der Waals surface area contributed by atoms with Gasteiger partial charge in [0.15, 0.2) is 6.29 Å². The quantitative estimate of drug-likeness (QED) is 0.603. The summed E-state index contributed by atoms with van der Waals surface area (Å²) in [5, 5.41) is 18.3. The normalized spacial score (nSPS) is 16.4. The summed E-state index contributed by atoms with van der Waals surface area (Å²) < 4.78 is 10.7. The Morgan fingerprint density at radius 1 is 1.13 bits per heavy atom. The van der Waals surface area contributed by atoms with Crippen LogP contribution in [0.15, 0.2) is 0 Å². The van der Waals surface area contributed by atoms with Crippen molar-refractivity contribution in [3.8, 4) is 0 Å². The molecular formula is C11H24O4. The second kappa shape index (κ2) is 7.17. The van der Waals surface area contributed by atoms with Gasteiger partial charge in [-0.25, -0.2) is 0 Å². The van der Waals surface area contributed by atoms with Crippen molar-refractivity contribution in [3.05, 3.63) is 0 Å². The molecule has 15 heavy (non-hydrogen) atoms. The summed E-state index contributed by atoms with van der Waals surface area (Å²) in [7, 11) is 0. The van der Waals surface area contributed by atoms with Crippen LogP contribution in [0.4, 0.5) is 0 Å². The second-order valence-corrected chi connectivity index (χ2v) is 4.22. The predicted molar refractivity (Wildman–Crippen MR) is 58.5 cm³/mol. The van der Waals surface area contributed by atoms with Crippen LogP contribution in [-0.4, -0.2) is 42.4 Å². The van der Waals surface area contributed by atoms with Crippen molar-refractivity contribution < 1.29 is 19.7 Å². The standard InChI is InChI=1S/C11H24O4/c1-5-11(3,4)9(7-12)15-10(8-13)14-6-2/h9-10,12-13H,5-8H2,1-4H3. The van der Waals surface area contributed by atoms with Crippen LogP contribution in [0.2, 0.25) is 0 Å². The maximum absolute atomic E-state index is 9.24. The third kappa shape index (κ3) is 4.93. The highest BCUT2D eigenvalue weighted by molar-refractivity contribution is 4.77. The predicted octanol–water partition coefficient (Wildman–Crippen LogP) is 1.15. The van der Waals surface area contributed by atoms with E-state index in [-0.39, 0.29) is 24.7 Å². The minimum absolute atomic E-state index is 0.0651. The van der Waals surface area contributed by atoms with Crippen LogP contribution in [-0.2, 0) is 9.47 Å². The summed E-state index contributed by atoms with van der Waals surface area (Å²) in [6, 6.07) is 0. The van der Waals surface area contributed by atoms with Crippen molar-refractivity contribution in [2.75, 3.05) is 19.8 Å². The minimum Gasteiger partial charge on any atom is -0.394 e. The van der Waals surface area contributed by atoms with Crippen LogP contribution in [0.1, 0.15) is 34.1 Å². The molecule has 92 valence electrons. The van der Waals surface area contributed by atoms with Crippen molar-refractivity contribution in [1.82, 2.24) is 0 Å². The summed E-state index contributed by atoms with van der Waals surface area (Å²) in [5.74, 6) is 0. The molecule has 0 saturated carbocycles. The van der Waals surface area contributed by atoms with E-state index in [4.69, 9.17) is 14.6 Å². The largest absolute Gasteiger partial charge is 0.394 e. The fourth-order valence-electron chi connectivity index (χ4n) is 1.21. The van der Waals surface area contributed by atoms with Crippen molar-refractivity contribution in [2.24, 2.45) is 5.41 Å². The highest BCUT2D eigenvalue weighted by atomic mass is 16.7. The zero-order valence-corrected chi connectivity index (χ0v) is 10.2. The highest BCUT2D eigenvalue weighted by Gasteiger charge is 2.30. The third-order valence-corrected chi connectivity index (χ3v) is 2.77. The molecule has 0 bridgehead atoms. The molecule has 0 saturated heterocycles. The lowest BCUT2D eigenvalue weighted by Gasteiger charge is -2.34. The van der Waals surface area contributed by atoms with Gasteiger partial charge in [0.2, 0.25) is 0 Å². The van der Waals surface area contributed by atoms with Gasteiger partial charge in [-0.1, -0.05) is 20.8 Å². The Bertz CT molecular complexity index is 159. The van der Waals surface area contributed by atoms with Crippen LogP contribution in [0.5, 0.6) is 0 Å². The molecule has 0 radical (unpaired) electrons. The van der Waals surface area contributed by atoms with Crippen molar-refractivity contribution in [3.63, 3.8) is 0 Å². The summed E-state index contributed by atoms with van der Waals surface area (Å²) in [5.41, 5.74) is -0.126. The van der Waals surface area contributed by atoms with Crippen molar-refractivity contribution in [2.45, 2.75) is 46.5 Å². The number of aliphatic hydroxyl groups is 2. The van der Waals surface area contributed by atoms with Gasteiger partial charge in [0.1, 0.15) is 0 Å². The Kier molecular flexibility index (Phi) is 7.09. The molecule has 4 nitrogen and oxygen atoms in total. The molecule has 0 rings (SSSR count). The van der Waals surface area contributed by atoms with E-state index in [2.05, 4.69) is 0 Å². The maximum Gasteiger partial charge on any atom is 0.180 e. The summed E-state index contributed by atoms with van der Waals surface area (Å²) >= 11 is 0. The lowest BCUT2D eigenvalue weighted by Crippen LogP contribution is -2.39. The lowest BCUT2D eigenvalue weighted by molar-refractivity contribution is -0.214. The summed E-state index contributed by atoms with van der Waals surface area (Å²) in [6.07, 6.45) is -0.0631. The maximum atomic E-state index is 9.24. The molecule has 0 aromatic heterocycles. The molecule has 0 aliphatic heterocycles. The monoisotopic (exact) mass is 220 g/mol. The molecule has 2 unspecified atom stereocenters. The van der Waals surface area contributed by atoms with E-state index in [0.717, 1.165) is 6.42 Å². The number of hydrogen-bond acceptors (Lipinski definition) is 4. The first-order chi connectivity index (χ1) is 7.01. The molecule has 2 atom stereocenters. The minimum atomic E-state index is -0.641. The first-order valence-electron chi connectivity index (χ1n) is 5.50. The topological polar surface area (TPSA) is 58.9 Å². The van der Waals surface area contributed by atoms with Crippen LogP contribution in [0, 0.1) is 5.41 Å². The lowest BCUT2D eigenvalue weighted by atomic mass is 9.84. The van der Waals surface area contributed by atoms with Crippen LogP contribution < -0.4 is 0 Å². The fraction of sp³-hybridized carbons (Fsp3) is 1.00. The molecule has 0 amide bonds. The number of aliphatic hydroxyl groups excluding tert-OH is 2. The molecule has 0 aliphatic rings. The van der Waals surface area contributed by atoms with Gasteiger partial charge >= 0.3 is 0 Å². The number of ether oxygens (including phenoxy) is 2. The van der Waals surface area contributed by atoms with E-state index in [1.807, 2.05) is 27.7 Å². The molecule has 0 heterocycles. The van der Waals surface area contributed by atoms with Gasteiger partial charge in [-0.2, -0.15) is 0 Å². The van der Waals surface area contributed by atoms with Gasteiger partial charge < -0.3 is 19.7 Å². The molecular weight excluding hydrogens is 196 g/mol. The number of rotatable bonds is 8. The zero-order chi connectivity index (χ0) is 11.9. The van der Waals surface area contributed by atoms with Gasteiger partial charge in [0.05, 0.1) is 19.3 Å². The van der Waals surface area contributed by atoms with E-state index in [0.29, 0.717) is 6.61 Å². The zero-order valence-electron chi connectivity index (χ0n) is 10.2. The van der Waals surface area contributed by atoms with E-state index >= 15 is 0 Å². The Hall–Kier alpha value is -0.160. The van der Waals surface area contributed by atoms with Gasteiger partial charge in [-0.15, -0.1) is 0 Å². The summed E-state index contributed by atoms with van der Waals surface area (Å²) in [4.78, 5) is 0. The van der Waals surface area contributed by atoms with Crippen LogP contribution in [0.3, 0.4) is 0 Å². The number of hydrogen-bond donors (Lipinski definition) is 2. The molecule has 4 heteroatoms. The Morgan fingerprint density at radius 3 is 2.07 bits per heavy atom. The molecule has 0 spiro atoms. The van der Waals surface area contributed by atoms with E-state index in [9.17, 15) is 5.11 Å². The first-order valence-corrected chi connectivity index (χ1v) is 5.50. The Morgan fingerprint density at radius 2 is 1.73 bits per heavy atom. The van der Waals surface area contributed by atoms with E-state index < -0.39 is 6.29 Å². The van der Waals surface area contributed by atoms with Gasteiger partial charge in [-0.3, -0.25) is 0 Å². The summed E-state index contributed by atoms with van der Waals surface area (Å²) in [6.45, 7) is 8.15. The fourth-order valence-corrected chi connectivity index (χ4v) is 1.21. The third-order valence-electron chi connectivity index (χ3n) is 2.77. The first kappa shape index (κ1) is 14.8. The van der Waals surface area contributed by atoms with E-state index in [1.165, 1.54) is 0 Å². The average Bonchev–Trinajstić information content (AvgIpc) is 2.23. The molecule has 0 aromatic carbocycles. The highest BCUT2D eigenvalue weighted by Crippen LogP contribution is 2.27. The Balaban J connectivity index is 4.29. The van der Waals surface area contributed by atoms with E-state index in [1.54, 1.807) is 0 Å². The van der Waals surface area contributed by atoms with Crippen molar-refractivity contribution in [1.29, 1.82) is 0 Å². The van der Waals surface area contributed by atoms with Gasteiger partial charge in [0.25, 0.3) is 0 Å². The second-order valence-electron chi connectivity index (χ2n) is 4.22. The molecule has 2 N–H and O–H groups in total. The molecule has 0 fully saturated rings.